The van der Waals surface area contributed by atoms with Gasteiger partial charge in [-0.15, -0.1) is 0 Å². The van der Waals surface area contributed by atoms with Gasteiger partial charge < -0.3 is 15.8 Å². The maximum absolute atomic E-state index is 9.81. The van der Waals surface area contributed by atoms with Crippen molar-refractivity contribution in [2.75, 3.05) is 6.54 Å². The molecule has 1 atom stereocenters. The molecule has 0 fully saturated rings. The predicted molar refractivity (Wildman–Crippen MR) is 56.9 cm³/mol. The van der Waals surface area contributed by atoms with Crippen LogP contribution in [0.15, 0.2) is 30.5 Å². The van der Waals surface area contributed by atoms with Crippen LogP contribution in [0.3, 0.4) is 0 Å². The molecule has 0 spiro atoms. The Morgan fingerprint density at radius 3 is 2.93 bits per heavy atom. The molecule has 74 valence electrons. The van der Waals surface area contributed by atoms with Crippen molar-refractivity contribution in [1.29, 1.82) is 0 Å². The summed E-state index contributed by atoms with van der Waals surface area (Å²) < 4.78 is 0. The van der Waals surface area contributed by atoms with E-state index in [1.165, 1.54) is 0 Å². The van der Waals surface area contributed by atoms with Crippen LogP contribution < -0.4 is 5.73 Å². The zero-order valence-electron chi connectivity index (χ0n) is 7.90. The molecule has 1 aromatic carbocycles. The first-order chi connectivity index (χ1) is 6.83. The third-order valence-corrected chi connectivity index (χ3v) is 2.42. The minimum atomic E-state index is -0.462. The number of nitrogens with one attached hydrogen (secondary N) is 1. The van der Waals surface area contributed by atoms with E-state index in [0.29, 0.717) is 13.0 Å². The van der Waals surface area contributed by atoms with E-state index >= 15 is 0 Å². The second-order valence-electron chi connectivity index (χ2n) is 3.38. The van der Waals surface area contributed by atoms with E-state index in [4.69, 9.17) is 5.73 Å². The van der Waals surface area contributed by atoms with Crippen LogP contribution in [0.5, 0.6) is 0 Å². The first-order valence-corrected chi connectivity index (χ1v) is 4.77. The zero-order chi connectivity index (χ0) is 9.97. The molecule has 2 rings (SSSR count). The van der Waals surface area contributed by atoms with Gasteiger partial charge in [-0.25, -0.2) is 0 Å². The number of hydrogen-bond donors (Lipinski definition) is 3. The summed E-state index contributed by atoms with van der Waals surface area (Å²) in [6.45, 7) is 0.501. The summed E-state index contributed by atoms with van der Waals surface area (Å²) >= 11 is 0. The maximum atomic E-state index is 9.81. The van der Waals surface area contributed by atoms with Gasteiger partial charge in [-0.05, 0) is 19.0 Å². The van der Waals surface area contributed by atoms with Crippen LogP contribution in [0.25, 0.3) is 10.9 Å². The monoisotopic (exact) mass is 190 g/mol. The van der Waals surface area contributed by atoms with E-state index in [-0.39, 0.29) is 0 Å². The second kappa shape index (κ2) is 3.82. The smallest absolute Gasteiger partial charge is 0.0822 e. The van der Waals surface area contributed by atoms with E-state index in [1.807, 2.05) is 30.5 Å². The van der Waals surface area contributed by atoms with E-state index in [9.17, 15) is 5.11 Å². The standard InChI is InChI=1S/C11H14N2O/c12-6-5-11(14)9-7-13-10-4-2-1-3-8(9)10/h1-4,7,11,13-14H,5-6,12H2/t11-/m0/s1. The van der Waals surface area contributed by atoms with Crippen molar-refractivity contribution in [3.8, 4) is 0 Å². The molecule has 2 aromatic rings. The number of hydrogen-bond acceptors (Lipinski definition) is 2. The van der Waals surface area contributed by atoms with Crippen molar-refractivity contribution in [1.82, 2.24) is 4.98 Å². The summed E-state index contributed by atoms with van der Waals surface area (Å²) in [7, 11) is 0. The lowest BCUT2D eigenvalue weighted by Gasteiger charge is -2.07. The number of nitrogens with two attached hydrogens (primary N) is 1. The van der Waals surface area contributed by atoms with Crippen molar-refractivity contribution < 1.29 is 5.11 Å². The van der Waals surface area contributed by atoms with Crippen LogP contribution in [0, 0.1) is 0 Å². The summed E-state index contributed by atoms with van der Waals surface area (Å²) in [6, 6.07) is 7.93. The highest BCUT2D eigenvalue weighted by Crippen LogP contribution is 2.25. The van der Waals surface area contributed by atoms with Crippen LogP contribution >= 0.6 is 0 Å². The number of aromatic amines is 1. The Kier molecular flexibility index (Phi) is 2.52. The van der Waals surface area contributed by atoms with Gasteiger partial charge in [-0.2, -0.15) is 0 Å². The summed E-state index contributed by atoms with van der Waals surface area (Å²) in [6.07, 6.45) is 1.99. The van der Waals surface area contributed by atoms with Gasteiger partial charge in [0.1, 0.15) is 0 Å². The quantitative estimate of drug-likeness (QED) is 0.687. The van der Waals surface area contributed by atoms with Crippen LogP contribution in [-0.2, 0) is 0 Å². The molecule has 1 heterocycles. The molecule has 0 saturated heterocycles. The van der Waals surface area contributed by atoms with Gasteiger partial charge in [0.25, 0.3) is 0 Å². The number of H-pyrrole nitrogens is 1. The Morgan fingerprint density at radius 1 is 1.36 bits per heavy atom. The fraction of sp³-hybridized carbons (Fsp3) is 0.273. The summed E-state index contributed by atoms with van der Waals surface area (Å²) in [5.74, 6) is 0. The Bertz CT molecular complexity index is 422. The topological polar surface area (TPSA) is 62.0 Å². The molecule has 3 nitrogen and oxygen atoms in total. The third kappa shape index (κ3) is 1.52. The highest BCUT2D eigenvalue weighted by Gasteiger charge is 2.11. The molecule has 1 aromatic heterocycles. The average Bonchev–Trinajstić information content (AvgIpc) is 2.61. The van der Waals surface area contributed by atoms with Crippen molar-refractivity contribution in [2.45, 2.75) is 12.5 Å². The largest absolute Gasteiger partial charge is 0.388 e. The molecule has 0 amide bonds. The van der Waals surface area contributed by atoms with E-state index in [0.717, 1.165) is 16.5 Å². The Hall–Kier alpha value is -1.32. The molecule has 0 aliphatic rings. The Labute approximate surface area is 82.6 Å². The Morgan fingerprint density at radius 2 is 2.14 bits per heavy atom. The molecular weight excluding hydrogens is 176 g/mol. The highest BCUT2D eigenvalue weighted by atomic mass is 16.3. The SMILES string of the molecule is NCC[C@H](O)c1c[nH]c2ccccc12. The predicted octanol–water partition coefficient (Wildman–Crippen LogP) is 1.55. The lowest BCUT2D eigenvalue weighted by Crippen LogP contribution is -2.06. The second-order valence-corrected chi connectivity index (χ2v) is 3.38. The number of aromatic nitrogens is 1. The van der Waals surface area contributed by atoms with E-state index in [2.05, 4.69) is 4.98 Å². The third-order valence-electron chi connectivity index (χ3n) is 2.42. The molecule has 3 heteroatoms. The molecular formula is C11H14N2O. The maximum Gasteiger partial charge on any atom is 0.0822 e. The van der Waals surface area contributed by atoms with Gasteiger partial charge in [-0.1, -0.05) is 18.2 Å². The molecule has 0 saturated carbocycles. The molecule has 0 radical (unpaired) electrons. The molecule has 14 heavy (non-hydrogen) atoms. The minimum absolute atomic E-state index is 0.462. The lowest BCUT2D eigenvalue weighted by atomic mass is 10.1. The van der Waals surface area contributed by atoms with Gasteiger partial charge in [0, 0.05) is 22.7 Å². The number of fused-ring (bicyclic) bond motifs is 1. The van der Waals surface area contributed by atoms with Crippen molar-refractivity contribution in [2.24, 2.45) is 5.73 Å². The molecule has 0 aliphatic heterocycles. The van der Waals surface area contributed by atoms with Crippen molar-refractivity contribution >= 4 is 10.9 Å². The van der Waals surface area contributed by atoms with E-state index in [1.54, 1.807) is 0 Å². The molecule has 0 aliphatic carbocycles. The van der Waals surface area contributed by atoms with Crippen LogP contribution in [-0.4, -0.2) is 16.6 Å². The number of rotatable bonds is 3. The zero-order valence-corrected chi connectivity index (χ0v) is 7.90. The number of para-hydroxylation sites is 1. The molecule has 4 N–H and O–H groups in total. The number of aliphatic hydroxyl groups is 1. The first-order valence-electron chi connectivity index (χ1n) is 4.77. The molecule has 0 bridgehead atoms. The van der Waals surface area contributed by atoms with Gasteiger partial charge in [0.15, 0.2) is 0 Å². The molecule has 0 unspecified atom stereocenters. The van der Waals surface area contributed by atoms with Gasteiger partial charge >= 0.3 is 0 Å². The first kappa shape index (κ1) is 9.24. The van der Waals surface area contributed by atoms with Crippen LogP contribution in [0.1, 0.15) is 18.1 Å². The summed E-state index contributed by atoms with van der Waals surface area (Å²) in [4.78, 5) is 3.13. The fourth-order valence-corrected chi connectivity index (χ4v) is 1.68. The van der Waals surface area contributed by atoms with Crippen molar-refractivity contribution in [3.05, 3.63) is 36.0 Å². The van der Waals surface area contributed by atoms with Crippen LogP contribution in [0.2, 0.25) is 0 Å². The van der Waals surface area contributed by atoms with Crippen LogP contribution in [0.4, 0.5) is 0 Å². The minimum Gasteiger partial charge on any atom is -0.388 e. The van der Waals surface area contributed by atoms with E-state index < -0.39 is 6.10 Å². The number of aliphatic hydroxyl groups excluding tert-OH is 1. The number of benzene rings is 1. The highest BCUT2D eigenvalue weighted by molar-refractivity contribution is 5.83. The normalized spacial score (nSPS) is 13.3. The average molecular weight is 190 g/mol. The van der Waals surface area contributed by atoms with Gasteiger partial charge in [-0.3, -0.25) is 0 Å². The fourth-order valence-electron chi connectivity index (χ4n) is 1.68. The Balaban J connectivity index is 2.42. The van der Waals surface area contributed by atoms with Crippen molar-refractivity contribution in [3.63, 3.8) is 0 Å². The summed E-state index contributed by atoms with van der Waals surface area (Å²) in [5, 5.41) is 10.9. The van der Waals surface area contributed by atoms with Gasteiger partial charge in [0.2, 0.25) is 0 Å². The summed E-state index contributed by atoms with van der Waals surface area (Å²) in [5.41, 5.74) is 7.40. The van der Waals surface area contributed by atoms with Gasteiger partial charge in [0.05, 0.1) is 6.10 Å². The lowest BCUT2D eigenvalue weighted by molar-refractivity contribution is 0.172.